The van der Waals surface area contributed by atoms with Crippen molar-refractivity contribution in [3.63, 3.8) is 0 Å². The number of pyridine rings is 1. The lowest BCUT2D eigenvalue weighted by Gasteiger charge is -2.07. The Bertz CT molecular complexity index is 1380. The first-order valence-electron chi connectivity index (χ1n) is 11.2. The van der Waals surface area contributed by atoms with Crippen LogP contribution in [0.5, 0.6) is 5.75 Å². The molecule has 0 aliphatic heterocycles. The summed E-state index contributed by atoms with van der Waals surface area (Å²) in [6.45, 7) is 0.735. The first-order chi connectivity index (χ1) is 17.2. The molecule has 0 spiro atoms. The van der Waals surface area contributed by atoms with Crippen LogP contribution in [0.3, 0.4) is 0 Å². The number of carbonyl (C=O) groups is 1. The largest absolute Gasteiger partial charge is 0.489 e. The van der Waals surface area contributed by atoms with Crippen LogP contribution in [0.25, 0.3) is 22.6 Å². The Morgan fingerprint density at radius 1 is 0.686 bits per heavy atom. The normalized spacial score (nSPS) is 10.6. The Balaban J connectivity index is 1.20. The molecule has 2 heterocycles. The highest BCUT2D eigenvalue weighted by atomic mass is 16.5. The molecule has 0 atom stereocenters. The van der Waals surface area contributed by atoms with Crippen LogP contribution in [-0.2, 0) is 18.0 Å². The number of hydrogen-bond donors (Lipinski definition) is 1. The number of nitrogens with one attached hydrogen (secondary N) is 1. The average Bonchev–Trinajstić information content (AvgIpc) is 3.43. The van der Waals surface area contributed by atoms with Crippen molar-refractivity contribution in [3.8, 4) is 28.4 Å². The van der Waals surface area contributed by atoms with Gasteiger partial charge >= 0.3 is 5.97 Å². The topological polar surface area (TPSA) is 77.1 Å². The molecule has 0 aliphatic rings. The number of nitrogens with zero attached hydrogens (tertiary/aromatic N) is 2. The van der Waals surface area contributed by atoms with Gasteiger partial charge in [-0.2, -0.15) is 0 Å². The Labute approximate surface area is 203 Å². The molecule has 6 heteroatoms. The average molecular weight is 462 g/mol. The minimum absolute atomic E-state index is 0.209. The third kappa shape index (κ3) is 5.62. The van der Waals surface area contributed by atoms with Crippen LogP contribution < -0.4 is 4.74 Å². The smallest absolute Gasteiger partial charge is 0.356 e. The quantitative estimate of drug-likeness (QED) is 0.284. The van der Waals surface area contributed by atoms with Gasteiger partial charge in [-0.1, -0.05) is 60.7 Å². The highest BCUT2D eigenvalue weighted by molar-refractivity contribution is 5.87. The monoisotopic (exact) mass is 461 g/mol. The molecule has 0 unspecified atom stereocenters. The first-order valence-corrected chi connectivity index (χ1v) is 11.2. The molecule has 0 aliphatic carbocycles. The molecule has 0 amide bonds. The summed E-state index contributed by atoms with van der Waals surface area (Å²) in [4.78, 5) is 24.2. The molecule has 0 radical (unpaired) electrons. The molecule has 0 saturated heterocycles. The van der Waals surface area contributed by atoms with Crippen molar-refractivity contribution in [3.05, 3.63) is 126 Å². The maximum absolute atomic E-state index is 12.3. The van der Waals surface area contributed by atoms with E-state index in [2.05, 4.69) is 15.0 Å². The van der Waals surface area contributed by atoms with Gasteiger partial charge in [0.25, 0.3) is 0 Å². The van der Waals surface area contributed by atoms with Gasteiger partial charge in [-0.15, -0.1) is 0 Å². The standard InChI is InChI=1S/C29H23N3O3/c33-29(35-20-22-9-5-2-6-10-22)27-18-31-28(32-27)24-13-16-26(30-17-24)23-11-14-25(15-12-23)34-19-21-7-3-1-4-8-21/h1-18H,19-20H2,(H,31,32). The van der Waals surface area contributed by atoms with Crippen LogP contribution in [-0.4, -0.2) is 20.9 Å². The van der Waals surface area contributed by atoms with Crippen molar-refractivity contribution in [2.45, 2.75) is 13.2 Å². The van der Waals surface area contributed by atoms with Gasteiger partial charge in [0.15, 0.2) is 0 Å². The molecule has 0 bridgehead atoms. The number of imidazole rings is 1. The summed E-state index contributed by atoms with van der Waals surface area (Å²) in [5.41, 5.74) is 4.94. The zero-order chi connectivity index (χ0) is 23.9. The number of hydrogen-bond acceptors (Lipinski definition) is 5. The summed E-state index contributed by atoms with van der Waals surface area (Å²) in [5, 5.41) is 0. The number of benzene rings is 3. The van der Waals surface area contributed by atoms with Crippen molar-refractivity contribution < 1.29 is 14.3 Å². The van der Waals surface area contributed by atoms with E-state index >= 15 is 0 Å². The molecule has 3 aromatic carbocycles. The number of esters is 1. The third-order valence-corrected chi connectivity index (χ3v) is 5.44. The second-order valence-electron chi connectivity index (χ2n) is 7.94. The van der Waals surface area contributed by atoms with Crippen molar-refractivity contribution >= 4 is 5.97 Å². The number of rotatable bonds is 8. The molecule has 1 N–H and O–H groups in total. The van der Waals surface area contributed by atoms with Gasteiger partial charge in [-0.25, -0.2) is 9.78 Å². The van der Waals surface area contributed by atoms with E-state index in [1.807, 2.05) is 97.1 Å². The second-order valence-corrected chi connectivity index (χ2v) is 7.94. The van der Waals surface area contributed by atoms with Gasteiger partial charge in [0.05, 0.1) is 11.9 Å². The fraction of sp³-hybridized carbons (Fsp3) is 0.0690. The predicted molar refractivity (Wildman–Crippen MR) is 134 cm³/mol. The molecular formula is C29H23N3O3. The summed E-state index contributed by atoms with van der Waals surface area (Å²) < 4.78 is 11.2. The molecule has 6 nitrogen and oxygen atoms in total. The minimum atomic E-state index is -0.452. The van der Waals surface area contributed by atoms with E-state index in [-0.39, 0.29) is 6.61 Å². The highest BCUT2D eigenvalue weighted by Crippen LogP contribution is 2.24. The molecule has 5 rings (SSSR count). The van der Waals surface area contributed by atoms with Gasteiger partial charge in [0, 0.05) is 17.3 Å². The van der Waals surface area contributed by atoms with Gasteiger partial charge in [0.1, 0.15) is 30.5 Å². The predicted octanol–water partition coefficient (Wildman–Crippen LogP) is 6.07. The number of carbonyl (C=O) groups excluding carboxylic acids is 1. The number of aromatic amines is 1. The number of H-pyrrole nitrogens is 1. The summed E-state index contributed by atoms with van der Waals surface area (Å²) in [5.74, 6) is 0.906. The lowest BCUT2D eigenvalue weighted by molar-refractivity contribution is 0.0466. The fourth-order valence-corrected chi connectivity index (χ4v) is 3.54. The first kappa shape index (κ1) is 22.1. The summed E-state index contributed by atoms with van der Waals surface area (Å²) in [7, 11) is 0. The van der Waals surface area contributed by atoms with Crippen LogP contribution in [0.4, 0.5) is 0 Å². The molecule has 5 aromatic rings. The van der Waals surface area contributed by atoms with E-state index in [9.17, 15) is 4.79 Å². The Morgan fingerprint density at radius 3 is 2.00 bits per heavy atom. The molecule has 0 fully saturated rings. The summed E-state index contributed by atoms with van der Waals surface area (Å²) in [6, 6.07) is 31.3. The molecule has 172 valence electrons. The van der Waals surface area contributed by atoms with E-state index < -0.39 is 5.97 Å². The minimum Gasteiger partial charge on any atom is -0.489 e. The van der Waals surface area contributed by atoms with Gasteiger partial charge < -0.3 is 14.5 Å². The highest BCUT2D eigenvalue weighted by Gasteiger charge is 2.13. The van der Waals surface area contributed by atoms with Crippen molar-refractivity contribution in [1.82, 2.24) is 15.0 Å². The van der Waals surface area contributed by atoms with Crippen LogP contribution >= 0.6 is 0 Å². The van der Waals surface area contributed by atoms with Gasteiger partial charge in [0.2, 0.25) is 0 Å². The summed E-state index contributed by atoms with van der Waals surface area (Å²) in [6.07, 6.45) is 3.21. The van der Waals surface area contributed by atoms with E-state index in [1.165, 1.54) is 6.20 Å². The maximum atomic E-state index is 12.3. The van der Waals surface area contributed by atoms with E-state index in [4.69, 9.17) is 9.47 Å². The number of aromatic nitrogens is 3. The summed E-state index contributed by atoms with van der Waals surface area (Å²) >= 11 is 0. The van der Waals surface area contributed by atoms with Crippen molar-refractivity contribution in [2.75, 3.05) is 0 Å². The van der Waals surface area contributed by atoms with Crippen molar-refractivity contribution in [2.24, 2.45) is 0 Å². The van der Waals surface area contributed by atoms with Gasteiger partial charge in [-0.3, -0.25) is 4.98 Å². The van der Waals surface area contributed by atoms with Crippen LogP contribution in [0.2, 0.25) is 0 Å². The third-order valence-electron chi connectivity index (χ3n) is 5.44. The Kier molecular flexibility index (Phi) is 6.62. The zero-order valence-electron chi connectivity index (χ0n) is 18.9. The van der Waals surface area contributed by atoms with E-state index in [0.29, 0.717) is 18.1 Å². The lowest BCUT2D eigenvalue weighted by atomic mass is 10.1. The fourth-order valence-electron chi connectivity index (χ4n) is 3.54. The van der Waals surface area contributed by atoms with E-state index in [0.717, 1.165) is 33.7 Å². The van der Waals surface area contributed by atoms with E-state index in [1.54, 1.807) is 6.20 Å². The van der Waals surface area contributed by atoms with Crippen LogP contribution in [0.15, 0.2) is 109 Å². The Hall–Kier alpha value is -4.71. The van der Waals surface area contributed by atoms with Crippen molar-refractivity contribution in [1.29, 1.82) is 0 Å². The molecular weight excluding hydrogens is 438 g/mol. The zero-order valence-corrected chi connectivity index (χ0v) is 18.9. The number of ether oxygens (including phenoxy) is 2. The SMILES string of the molecule is O=C(OCc1ccccc1)c1cnc(-c2ccc(-c3ccc(OCc4ccccc4)cc3)nc2)[nH]1. The molecule has 35 heavy (non-hydrogen) atoms. The van der Waals surface area contributed by atoms with Gasteiger partial charge in [-0.05, 0) is 47.5 Å². The van der Waals surface area contributed by atoms with Crippen LogP contribution in [0, 0.1) is 0 Å². The lowest BCUT2D eigenvalue weighted by Crippen LogP contribution is -2.05. The Morgan fingerprint density at radius 2 is 1.34 bits per heavy atom. The maximum Gasteiger partial charge on any atom is 0.356 e. The van der Waals surface area contributed by atoms with Crippen LogP contribution in [0.1, 0.15) is 21.6 Å². The molecule has 2 aromatic heterocycles. The molecule has 0 saturated carbocycles. The second kappa shape index (κ2) is 10.5.